The summed E-state index contributed by atoms with van der Waals surface area (Å²) in [5, 5.41) is 10.6. The standard InChI is InChI=1S/C82H160O17P2/c1-9-74(7)60-52-44-36-29-25-21-17-13-11-12-14-18-22-26-30-38-48-56-64-81(86)98-77(68-92-79(84)62-54-46-37-33-32-35-43-51-59-73(5)6)70-96-100(88,89)94-66-76(83)67-95-101(90,91)97-71-78(69-93-80(85)63-55-47-41-40-45-53-61-75(8)10-2)99-82(87)65-57-49-39-31-27-23-19-15-16-20-24-28-34-42-50-58-72(3)4/h72-78,83H,9-71H2,1-8H3,(H,88,89)(H,90,91)/t74?,75?,76-,77-,78-/m1/s1. The summed E-state index contributed by atoms with van der Waals surface area (Å²) in [6.07, 6.45) is 58.4. The van der Waals surface area contributed by atoms with E-state index in [0.29, 0.717) is 25.7 Å². The van der Waals surface area contributed by atoms with Gasteiger partial charge in [-0.05, 0) is 49.4 Å². The number of carbonyl (C=O) groups excluding carboxylic acids is 4. The molecule has 17 nitrogen and oxygen atoms in total. The Morgan fingerprint density at radius 3 is 0.703 bits per heavy atom. The second kappa shape index (κ2) is 71.0. The van der Waals surface area contributed by atoms with Gasteiger partial charge in [0.1, 0.15) is 19.3 Å². The number of carbonyl (C=O) groups is 4. The van der Waals surface area contributed by atoms with E-state index in [2.05, 4.69) is 55.4 Å². The first kappa shape index (κ1) is 99.1. The number of phosphoric acid groups is 2. The van der Waals surface area contributed by atoms with Gasteiger partial charge in [-0.3, -0.25) is 37.3 Å². The Hall–Kier alpha value is -1.94. The molecule has 0 aromatic rings. The summed E-state index contributed by atoms with van der Waals surface area (Å²) in [6, 6.07) is 0. The fraction of sp³-hybridized carbons (Fsp3) is 0.951. The second-order valence-electron chi connectivity index (χ2n) is 31.0. The quantitative estimate of drug-likeness (QED) is 0.0222. The predicted molar refractivity (Wildman–Crippen MR) is 414 cm³/mol. The molecule has 0 aliphatic rings. The van der Waals surface area contributed by atoms with Crippen LogP contribution in [0.3, 0.4) is 0 Å². The van der Waals surface area contributed by atoms with Gasteiger partial charge in [-0.2, -0.15) is 0 Å². The maximum absolute atomic E-state index is 13.1. The summed E-state index contributed by atoms with van der Waals surface area (Å²) in [6.45, 7) is 14.3. The molecule has 600 valence electrons. The topological polar surface area (TPSA) is 237 Å². The molecule has 0 fully saturated rings. The second-order valence-corrected chi connectivity index (χ2v) is 33.9. The van der Waals surface area contributed by atoms with Crippen LogP contribution in [0.15, 0.2) is 0 Å². The lowest BCUT2D eigenvalue weighted by Crippen LogP contribution is -2.30. The van der Waals surface area contributed by atoms with Crippen LogP contribution in [-0.4, -0.2) is 96.7 Å². The van der Waals surface area contributed by atoms with E-state index in [1.54, 1.807) is 0 Å². The van der Waals surface area contributed by atoms with Crippen LogP contribution in [-0.2, 0) is 65.4 Å². The lowest BCUT2D eigenvalue weighted by atomic mass is 9.99. The molecule has 0 amide bonds. The van der Waals surface area contributed by atoms with E-state index in [0.717, 1.165) is 120 Å². The molecule has 0 spiro atoms. The largest absolute Gasteiger partial charge is 0.472 e. The third-order valence-electron chi connectivity index (χ3n) is 19.8. The Morgan fingerprint density at radius 2 is 0.475 bits per heavy atom. The van der Waals surface area contributed by atoms with Crippen LogP contribution in [0.5, 0.6) is 0 Å². The molecule has 0 rings (SSSR count). The molecule has 0 radical (unpaired) electrons. The van der Waals surface area contributed by atoms with Crippen molar-refractivity contribution in [3.8, 4) is 0 Å². The number of aliphatic hydroxyl groups excluding tert-OH is 1. The van der Waals surface area contributed by atoms with Gasteiger partial charge in [0.25, 0.3) is 0 Å². The molecule has 19 heteroatoms. The van der Waals surface area contributed by atoms with Gasteiger partial charge in [0.05, 0.1) is 26.4 Å². The number of unbranched alkanes of at least 4 members (excludes halogenated alkanes) is 43. The molecule has 4 unspecified atom stereocenters. The fourth-order valence-corrected chi connectivity index (χ4v) is 14.1. The van der Waals surface area contributed by atoms with Crippen molar-refractivity contribution in [1.82, 2.24) is 0 Å². The minimum atomic E-state index is -4.96. The normalized spacial score (nSPS) is 14.5. The zero-order valence-corrected chi connectivity index (χ0v) is 68.3. The van der Waals surface area contributed by atoms with Crippen molar-refractivity contribution in [1.29, 1.82) is 0 Å². The molecule has 101 heavy (non-hydrogen) atoms. The summed E-state index contributed by atoms with van der Waals surface area (Å²) >= 11 is 0. The summed E-state index contributed by atoms with van der Waals surface area (Å²) < 4.78 is 68.7. The van der Waals surface area contributed by atoms with E-state index in [1.165, 1.54) is 218 Å². The SMILES string of the molecule is CCC(C)CCCCCCCCCCCCCCCCCCCCC(=O)O[C@H](COC(=O)CCCCCCCCCCC(C)C)COP(=O)(O)OC[C@@H](O)COP(=O)(O)OC[C@@H](COC(=O)CCCCCCCCC(C)CC)OC(=O)CCCCCCCCCCCCCCCCCC(C)C. The van der Waals surface area contributed by atoms with Crippen LogP contribution < -0.4 is 0 Å². The van der Waals surface area contributed by atoms with Crippen molar-refractivity contribution in [2.24, 2.45) is 23.7 Å². The van der Waals surface area contributed by atoms with Crippen molar-refractivity contribution in [2.75, 3.05) is 39.6 Å². The molecule has 0 saturated carbocycles. The zero-order chi connectivity index (χ0) is 74.6. The lowest BCUT2D eigenvalue weighted by molar-refractivity contribution is -0.161. The first-order valence-corrected chi connectivity index (χ1v) is 45.3. The molecule has 0 aliphatic carbocycles. The van der Waals surface area contributed by atoms with E-state index in [1.807, 2.05) is 0 Å². The number of esters is 4. The molecular formula is C82H160O17P2. The van der Waals surface area contributed by atoms with Crippen LogP contribution in [0.2, 0.25) is 0 Å². The third-order valence-corrected chi connectivity index (χ3v) is 21.7. The molecule has 0 bridgehead atoms. The summed E-state index contributed by atoms with van der Waals surface area (Å²) in [5.41, 5.74) is 0. The van der Waals surface area contributed by atoms with E-state index in [4.69, 9.17) is 37.0 Å². The van der Waals surface area contributed by atoms with Gasteiger partial charge in [-0.15, -0.1) is 0 Å². The van der Waals surface area contributed by atoms with E-state index >= 15 is 0 Å². The van der Waals surface area contributed by atoms with E-state index < -0.39 is 97.5 Å². The molecule has 0 heterocycles. The summed E-state index contributed by atoms with van der Waals surface area (Å²) in [7, 11) is -9.92. The molecular weight excluding hydrogens is 1320 g/mol. The smallest absolute Gasteiger partial charge is 0.462 e. The van der Waals surface area contributed by atoms with Crippen molar-refractivity contribution < 1.29 is 80.2 Å². The molecule has 0 aromatic heterocycles. The molecule has 0 saturated heterocycles. The minimum absolute atomic E-state index is 0.106. The Balaban J connectivity index is 5.18. The molecule has 3 N–H and O–H groups in total. The Morgan fingerprint density at radius 1 is 0.277 bits per heavy atom. The van der Waals surface area contributed by atoms with Gasteiger partial charge in [0, 0.05) is 25.7 Å². The maximum Gasteiger partial charge on any atom is 0.472 e. The number of rotatable bonds is 79. The van der Waals surface area contributed by atoms with Crippen LogP contribution in [0.4, 0.5) is 0 Å². The zero-order valence-electron chi connectivity index (χ0n) is 66.5. The van der Waals surface area contributed by atoms with Crippen molar-refractivity contribution in [2.45, 2.75) is 440 Å². The molecule has 7 atom stereocenters. The average Bonchev–Trinajstić information content (AvgIpc) is 1.60. The third kappa shape index (κ3) is 73.4. The lowest BCUT2D eigenvalue weighted by Gasteiger charge is -2.21. The van der Waals surface area contributed by atoms with Crippen molar-refractivity contribution in [3.05, 3.63) is 0 Å². The monoisotopic (exact) mass is 1480 g/mol. The average molecular weight is 1480 g/mol. The van der Waals surface area contributed by atoms with Gasteiger partial charge < -0.3 is 33.8 Å². The molecule has 0 aliphatic heterocycles. The number of hydrogen-bond donors (Lipinski definition) is 3. The fourth-order valence-electron chi connectivity index (χ4n) is 12.5. The minimum Gasteiger partial charge on any atom is -0.462 e. The number of phosphoric ester groups is 2. The highest BCUT2D eigenvalue weighted by Crippen LogP contribution is 2.45. The Bertz CT molecular complexity index is 1980. The first-order chi connectivity index (χ1) is 48.7. The number of hydrogen-bond acceptors (Lipinski definition) is 15. The van der Waals surface area contributed by atoms with Gasteiger partial charge in [0.15, 0.2) is 12.2 Å². The van der Waals surface area contributed by atoms with Crippen LogP contribution in [0.25, 0.3) is 0 Å². The molecule has 0 aromatic carbocycles. The maximum atomic E-state index is 13.1. The predicted octanol–water partition coefficient (Wildman–Crippen LogP) is 24.4. The van der Waals surface area contributed by atoms with E-state index in [-0.39, 0.29) is 25.7 Å². The summed E-state index contributed by atoms with van der Waals surface area (Å²) in [5.74, 6) is 1.01. The van der Waals surface area contributed by atoms with Crippen molar-refractivity contribution in [3.63, 3.8) is 0 Å². The highest BCUT2D eigenvalue weighted by Gasteiger charge is 2.30. The number of ether oxygens (including phenoxy) is 4. The van der Waals surface area contributed by atoms with Crippen LogP contribution in [0.1, 0.15) is 421 Å². The first-order valence-electron chi connectivity index (χ1n) is 42.3. The van der Waals surface area contributed by atoms with Gasteiger partial charge in [-0.25, -0.2) is 9.13 Å². The van der Waals surface area contributed by atoms with Gasteiger partial charge >= 0.3 is 39.5 Å². The Kier molecular flexibility index (Phi) is 69.6. The van der Waals surface area contributed by atoms with Gasteiger partial charge in [-0.1, -0.05) is 370 Å². The summed E-state index contributed by atoms with van der Waals surface area (Å²) in [4.78, 5) is 73.0. The Labute approximate surface area is 619 Å². The number of aliphatic hydroxyl groups is 1. The highest BCUT2D eigenvalue weighted by atomic mass is 31.2. The highest BCUT2D eigenvalue weighted by molar-refractivity contribution is 7.47. The van der Waals surface area contributed by atoms with Crippen LogP contribution in [0, 0.1) is 23.7 Å². The van der Waals surface area contributed by atoms with Gasteiger partial charge in [0.2, 0.25) is 0 Å². The van der Waals surface area contributed by atoms with E-state index in [9.17, 15) is 43.2 Å². The van der Waals surface area contributed by atoms with Crippen LogP contribution >= 0.6 is 15.6 Å². The van der Waals surface area contributed by atoms with Crippen molar-refractivity contribution >= 4 is 39.5 Å².